The maximum atomic E-state index is 13.8. The zero-order valence-electron chi connectivity index (χ0n) is 17.1. The standard InChI is InChI=1S/C21H22F3N7O/c22-21(23,24)17-11-26-20(28-16-10-27-30(13-16)12-14-8-25-9-14)29-19(17)31-18(6-7-32-31)15-4-2-1-3-5-15/h1-5,10-11,13-14,18,25H,6-9,12H2,(H,26,28,29). The van der Waals surface area contributed by atoms with Crippen LogP contribution in [0.2, 0.25) is 0 Å². The molecule has 1 unspecified atom stereocenters. The zero-order chi connectivity index (χ0) is 22.1. The van der Waals surface area contributed by atoms with Gasteiger partial charge in [0.25, 0.3) is 0 Å². The second kappa shape index (κ2) is 8.40. The highest BCUT2D eigenvalue weighted by atomic mass is 19.4. The van der Waals surface area contributed by atoms with Crippen molar-refractivity contribution in [3.63, 3.8) is 0 Å². The maximum absolute atomic E-state index is 13.8. The summed E-state index contributed by atoms with van der Waals surface area (Å²) in [7, 11) is 0. The van der Waals surface area contributed by atoms with E-state index in [1.54, 1.807) is 17.1 Å². The molecule has 0 aliphatic carbocycles. The summed E-state index contributed by atoms with van der Waals surface area (Å²) in [6, 6.07) is 8.91. The molecule has 0 radical (unpaired) electrons. The Morgan fingerprint density at radius 2 is 1.97 bits per heavy atom. The number of benzene rings is 1. The predicted molar refractivity (Wildman–Crippen MR) is 111 cm³/mol. The van der Waals surface area contributed by atoms with Crippen LogP contribution in [0.1, 0.15) is 23.6 Å². The molecule has 5 rings (SSSR count). The molecule has 32 heavy (non-hydrogen) atoms. The van der Waals surface area contributed by atoms with Gasteiger partial charge in [0.05, 0.1) is 24.5 Å². The van der Waals surface area contributed by atoms with E-state index in [0.717, 1.165) is 31.4 Å². The Hall–Kier alpha value is -3.18. The molecule has 2 fully saturated rings. The Morgan fingerprint density at radius 3 is 2.69 bits per heavy atom. The largest absolute Gasteiger partial charge is 0.421 e. The van der Waals surface area contributed by atoms with E-state index in [0.29, 0.717) is 24.6 Å². The Morgan fingerprint density at radius 1 is 1.16 bits per heavy atom. The van der Waals surface area contributed by atoms with Gasteiger partial charge in [0.2, 0.25) is 5.95 Å². The molecule has 11 heteroatoms. The monoisotopic (exact) mass is 445 g/mol. The second-order valence-electron chi connectivity index (χ2n) is 7.90. The number of anilines is 3. The summed E-state index contributed by atoms with van der Waals surface area (Å²) in [5, 5.41) is 11.7. The van der Waals surface area contributed by atoms with Gasteiger partial charge in [0, 0.05) is 44.4 Å². The molecule has 0 saturated carbocycles. The fraction of sp³-hybridized carbons (Fsp3) is 0.381. The average molecular weight is 445 g/mol. The lowest BCUT2D eigenvalue weighted by molar-refractivity contribution is -0.138. The quantitative estimate of drug-likeness (QED) is 0.601. The van der Waals surface area contributed by atoms with Crippen molar-refractivity contribution >= 4 is 17.5 Å². The van der Waals surface area contributed by atoms with Crippen LogP contribution in [0.25, 0.3) is 0 Å². The minimum absolute atomic E-state index is 0.0418. The van der Waals surface area contributed by atoms with Crippen LogP contribution in [0.5, 0.6) is 0 Å². The minimum Gasteiger partial charge on any atom is -0.321 e. The van der Waals surface area contributed by atoms with E-state index in [9.17, 15) is 13.2 Å². The molecule has 168 valence electrons. The molecule has 3 aromatic rings. The Balaban J connectivity index is 1.43. The number of nitrogens with zero attached hydrogens (tertiary/aromatic N) is 5. The van der Waals surface area contributed by atoms with Crippen molar-refractivity contribution in [1.82, 2.24) is 25.1 Å². The van der Waals surface area contributed by atoms with Crippen molar-refractivity contribution in [3.8, 4) is 0 Å². The Kier molecular flexibility index (Phi) is 5.43. The molecule has 1 atom stereocenters. The molecule has 4 heterocycles. The summed E-state index contributed by atoms with van der Waals surface area (Å²) >= 11 is 0. The van der Waals surface area contributed by atoms with Crippen molar-refractivity contribution in [2.75, 3.05) is 30.1 Å². The van der Waals surface area contributed by atoms with Gasteiger partial charge >= 0.3 is 6.18 Å². The molecule has 2 saturated heterocycles. The number of hydrogen-bond donors (Lipinski definition) is 2. The van der Waals surface area contributed by atoms with Crippen molar-refractivity contribution in [2.24, 2.45) is 5.92 Å². The molecule has 0 spiro atoms. The van der Waals surface area contributed by atoms with Crippen LogP contribution >= 0.6 is 0 Å². The molecular weight excluding hydrogens is 423 g/mol. The van der Waals surface area contributed by atoms with Gasteiger partial charge in [-0.2, -0.15) is 23.3 Å². The van der Waals surface area contributed by atoms with Gasteiger partial charge in [-0.1, -0.05) is 30.3 Å². The van der Waals surface area contributed by atoms with Crippen molar-refractivity contribution in [2.45, 2.75) is 25.2 Å². The van der Waals surface area contributed by atoms with Crippen LogP contribution in [0.4, 0.5) is 30.6 Å². The summed E-state index contributed by atoms with van der Waals surface area (Å²) in [6.07, 6.45) is 0.114. The lowest BCUT2D eigenvalue weighted by Gasteiger charge is -2.26. The number of nitrogens with one attached hydrogen (secondary N) is 2. The first-order chi connectivity index (χ1) is 15.5. The molecular formula is C21H22F3N7O. The highest BCUT2D eigenvalue weighted by Crippen LogP contribution is 2.41. The van der Waals surface area contributed by atoms with Gasteiger partial charge in [0.1, 0.15) is 5.56 Å². The van der Waals surface area contributed by atoms with Crippen molar-refractivity contribution in [1.29, 1.82) is 0 Å². The fourth-order valence-electron chi connectivity index (χ4n) is 3.86. The average Bonchev–Trinajstić information content (AvgIpc) is 3.40. The first-order valence-electron chi connectivity index (χ1n) is 10.4. The Bertz CT molecular complexity index is 1070. The molecule has 8 nitrogen and oxygen atoms in total. The summed E-state index contributed by atoms with van der Waals surface area (Å²) in [6.45, 7) is 2.97. The second-order valence-corrected chi connectivity index (χ2v) is 7.90. The van der Waals surface area contributed by atoms with Crippen LogP contribution in [0, 0.1) is 5.92 Å². The third-order valence-electron chi connectivity index (χ3n) is 5.57. The summed E-state index contributed by atoms with van der Waals surface area (Å²) in [5.74, 6) is 0.258. The van der Waals surface area contributed by atoms with E-state index in [-0.39, 0.29) is 17.8 Å². The molecule has 0 bridgehead atoms. The lowest BCUT2D eigenvalue weighted by Crippen LogP contribution is -2.44. The van der Waals surface area contributed by atoms with Crippen molar-refractivity contribution < 1.29 is 18.0 Å². The number of alkyl halides is 3. The van der Waals surface area contributed by atoms with Crippen LogP contribution in [0.15, 0.2) is 48.9 Å². The highest BCUT2D eigenvalue weighted by Gasteiger charge is 2.40. The smallest absolute Gasteiger partial charge is 0.321 e. The SMILES string of the molecule is FC(F)(F)c1cnc(Nc2cnn(CC3CNC3)c2)nc1N1OCCC1c1ccccc1. The van der Waals surface area contributed by atoms with Gasteiger partial charge in [0.15, 0.2) is 5.82 Å². The number of hydroxylamine groups is 1. The van der Waals surface area contributed by atoms with Crippen LogP contribution < -0.4 is 15.7 Å². The van der Waals surface area contributed by atoms with Gasteiger partial charge in [-0.05, 0) is 5.56 Å². The zero-order valence-corrected chi connectivity index (χ0v) is 17.1. The molecule has 2 aliphatic rings. The third kappa shape index (κ3) is 4.26. The summed E-state index contributed by atoms with van der Waals surface area (Å²) in [4.78, 5) is 13.7. The Labute approximate surface area is 182 Å². The first kappa shape index (κ1) is 20.7. The fourth-order valence-corrected chi connectivity index (χ4v) is 3.86. The molecule has 2 N–H and O–H groups in total. The highest BCUT2D eigenvalue weighted by molar-refractivity contribution is 5.56. The molecule has 0 amide bonds. The van der Waals surface area contributed by atoms with Crippen LogP contribution in [-0.2, 0) is 17.6 Å². The van der Waals surface area contributed by atoms with Gasteiger partial charge in [-0.3, -0.25) is 9.52 Å². The third-order valence-corrected chi connectivity index (χ3v) is 5.57. The van der Waals surface area contributed by atoms with Gasteiger partial charge in [-0.15, -0.1) is 0 Å². The molecule has 1 aromatic carbocycles. The van der Waals surface area contributed by atoms with E-state index in [1.807, 2.05) is 30.3 Å². The maximum Gasteiger partial charge on any atom is 0.421 e. The summed E-state index contributed by atoms with van der Waals surface area (Å²) < 4.78 is 43.1. The van der Waals surface area contributed by atoms with Crippen LogP contribution in [-0.4, -0.2) is 39.4 Å². The number of hydrogen-bond acceptors (Lipinski definition) is 7. The van der Waals surface area contributed by atoms with Crippen LogP contribution in [0.3, 0.4) is 0 Å². The van der Waals surface area contributed by atoms with Gasteiger partial charge < -0.3 is 10.6 Å². The number of halogens is 3. The number of aromatic nitrogens is 4. The normalized spacial score (nSPS) is 19.2. The van der Waals surface area contributed by atoms with E-state index in [2.05, 4.69) is 25.7 Å². The molecule has 2 aliphatic heterocycles. The van der Waals surface area contributed by atoms with E-state index < -0.39 is 11.7 Å². The van der Waals surface area contributed by atoms with E-state index in [4.69, 9.17) is 4.84 Å². The topological polar surface area (TPSA) is 80.1 Å². The minimum atomic E-state index is -4.62. The van der Waals surface area contributed by atoms with Crippen molar-refractivity contribution in [3.05, 3.63) is 60.0 Å². The lowest BCUT2D eigenvalue weighted by atomic mass is 10.0. The summed E-state index contributed by atoms with van der Waals surface area (Å²) in [5.41, 5.74) is 0.516. The van der Waals surface area contributed by atoms with E-state index >= 15 is 0 Å². The van der Waals surface area contributed by atoms with E-state index in [1.165, 1.54) is 5.06 Å². The number of rotatable bonds is 6. The van der Waals surface area contributed by atoms with Gasteiger partial charge in [-0.25, -0.2) is 10.0 Å². The predicted octanol–water partition coefficient (Wildman–Crippen LogP) is 3.54. The molecule has 2 aromatic heterocycles. The first-order valence-corrected chi connectivity index (χ1v) is 10.4.